The number of benzene rings is 2. The quantitative estimate of drug-likeness (QED) is 0.854. The van der Waals surface area contributed by atoms with E-state index in [9.17, 15) is 8.78 Å². The van der Waals surface area contributed by atoms with E-state index in [1.165, 1.54) is 17.7 Å². The van der Waals surface area contributed by atoms with Gasteiger partial charge in [-0.15, -0.1) is 0 Å². The minimum atomic E-state index is -0.551. The van der Waals surface area contributed by atoms with Gasteiger partial charge in [-0.1, -0.05) is 35.9 Å². The van der Waals surface area contributed by atoms with Gasteiger partial charge in [-0.2, -0.15) is 0 Å². The fourth-order valence-corrected chi connectivity index (χ4v) is 2.27. The van der Waals surface area contributed by atoms with E-state index in [-0.39, 0.29) is 12.1 Å². The zero-order chi connectivity index (χ0) is 14.7. The first kappa shape index (κ1) is 14.7. The van der Waals surface area contributed by atoms with Gasteiger partial charge in [0.2, 0.25) is 0 Å². The number of nitrogens with one attached hydrogen (secondary N) is 1. The van der Waals surface area contributed by atoms with Gasteiger partial charge in [0.05, 0.1) is 0 Å². The Morgan fingerprint density at radius 3 is 2.15 bits per heavy atom. The van der Waals surface area contributed by atoms with Crippen LogP contribution in [0.15, 0.2) is 42.5 Å². The van der Waals surface area contributed by atoms with Crippen LogP contribution in [-0.2, 0) is 0 Å². The predicted molar refractivity (Wildman–Crippen MR) is 77.5 cm³/mol. The van der Waals surface area contributed by atoms with Crippen molar-refractivity contribution in [3.05, 3.63) is 70.8 Å². The summed E-state index contributed by atoms with van der Waals surface area (Å²) in [5.41, 5.74) is 2.83. The van der Waals surface area contributed by atoms with Crippen molar-refractivity contribution in [2.75, 3.05) is 0 Å². The first-order chi connectivity index (χ1) is 9.47. The fourth-order valence-electron chi connectivity index (χ4n) is 2.27. The first-order valence-electron chi connectivity index (χ1n) is 6.75. The average Bonchev–Trinajstić information content (AvgIpc) is 2.39. The summed E-state index contributed by atoms with van der Waals surface area (Å²) in [6.45, 7) is 5.95. The van der Waals surface area contributed by atoms with Crippen molar-refractivity contribution in [1.82, 2.24) is 5.32 Å². The smallest absolute Gasteiger partial charge is 0.130 e. The molecule has 2 aromatic carbocycles. The van der Waals surface area contributed by atoms with Crippen LogP contribution in [0.2, 0.25) is 0 Å². The molecule has 1 nitrogen and oxygen atoms in total. The monoisotopic (exact) mass is 275 g/mol. The van der Waals surface area contributed by atoms with Crippen LogP contribution in [0.25, 0.3) is 0 Å². The molecule has 0 saturated carbocycles. The highest BCUT2D eigenvalue weighted by Gasteiger charge is 2.14. The Bertz CT molecular complexity index is 578. The lowest BCUT2D eigenvalue weighted by Crippen LogP contribution is -2.23. The predicted octanol–water partition coefficient (Wildman–Crippen LogP) is 4.69. The molecule has 20 heavy (non-hydrogen) atoms. The van der Waals surface area contributed by atoms with Crippen LogP contribution in [0.1, 0.15) is 42.6 Å². The van der Waals surface area contributed by atoms with E-state index < -0.39 is 11.6 Å². The number of aryl methyl sites for hydroxylation is 1. The second-order valence-electron chi connectivity index (χ2n) is 5.19. The minimum absolute atomic E-state index is 0.0926. The van der Waals surface area contributed by atoms with Gasteiger partial charge in [0.15, 0.2) is 0 Å². The second kappa shape index (κ2) is 6.14. The van der Waals surface area contributed by atoms with Gasteiger partial charge in [0, 0.05) is 23.7 Å². The highest BCUT2D eigenvalue weighted by atomic mass is 19.1. The van der Waals surface area contributed by atoms with Crippen molar-refractivity contribution in [2.45, 2.75) is 32.9 Å². The van der Waals surface area contributed by atoms with Gasteiger partial charge in [0.1, 0.15) is 11.6 Å². The molecule has 0 saturated heterocycles. The van der Waals surface area contributed by atoms with E-state index >= 15 is 0 Å². The highest BCUT2D eigenvalue weighted by Crippen LogP contribution is 2.22. The maximum Gasteiger partial charge on any atom is 0.130 e. The Hall–Kier alpha value is -1.74. The van der Waals surface area contributed by atoms with Crippen LogP contribution in [0, 0.1) is 18.6 Å². The van der Waals surface area contributed by atoms with Gasteiger partial charge in [-0.25, -0.2) is 8.78 Å². The first-order valence-corrected chi connectivity index (χ1v) is 6.75. The molecule has 0 amide bonds. The molecule has 106 valence electrons. The van der Waals surface area contributed by atoms with Crippen LogP contribution in [-0.4, -0.2) is 0 Å². The van der Waals surface area contributed by atoms with Crippen molar-refractivity contribution in [3.63, 3.8) is 0 Å². The van der Waals surface area contributed by atoms with Gasteiger partial charge in [0.25, 0.3) is 0 Å². The molecule has 0 aliphatic carbocycles. The number of rotatable bonds is 4. The molecule has 2 aromatic rings. The Morgan fingerprint density at radius 1 is 0.900 bits per heavy atom. The number of halogens is 2. The van der Waals surface area contributed by atoms with E-state index in [4.69, 9.17) is 0 Å². The summed E-state index contributed by atoms with van der Waals surface area (Å²) in [5, 5.41) is 3.33. The Morgan fingerprint density at radius 2 is 1.55 bits per heavy atom. The standard InChI is InChI=1S/C17H19F2N/c1-11-4-6-14(7-5-11)12(2)20-13(3)16-9-8-15(18)10-17(16)19/h4-10,12-13,20H,1-3H3/t12-,13?/m1/s1. The summed E-state index contributed by atoms with van der Waals surface area (Å²) in [6, 6.07) is 11.8. The largest absolute Gasteiger partial charge is 0.304 e. The summed E-state index contributed by atoms with van der Waals surface area (Å²) in [6.07, 6.45) is 0. The summed E-state index contributed by atoms with van der Waals surface area (Å²) in [4.78, 5) is 0. The van der Waals surface area contributed by atoms with E-state index in [2.05, 4.69) is 29.6 Å². The molecule has 0 bridgehead atoms. The minimum Gasteiger partial charge on any atom is -0.304 e. The second-order valence-corrected chi connectivity index (χ2v) is 5.19. The van der Waals surface area contributed by atoms with Crippen LogP contribution >= 0.6 is 0 Å². The average molecular weight is 275 g/mol. The molecular weight excluding hydrogens is 256 g/mol. The zero-order valence-corrected chi connectivity index (χ0v) is 12.0. The topological polar surface area (TPSA) is 12.0 Å². The molecule has 2 atom stereocenters. The number of hydrogen-bond acceptors (Lipinski definition) is 1. The molecule has 0 spiro atoms. The van der Waals surface area contributed by atoms with Crippen LogP contribution in [0.3, 0.4) is 0 Å². The van der Waals surface area contributed by atoms with E-state index in [1.807, 2.05) is 20.8 Å². The van der Waals surface area contributed by atoms with Gasteiger partial charge in [-0.3, -0.25) is 0 Å². The third-order valence-electron chi connectivity index (χ3n) is 3.51. The summed E-state index contributed by atoms with van der Waals surface area (Å²) in [5.74, 6) is -1.06. The zero-order valence-electron chi connectivity index (χ0n) is 12.0. The summed E-state index contributed by atoms with van der Waals surface area (Å²) >= 11 is 0. The van der Waals surface area contributed by atoms with Crippen molar-refractivity contribution >= 4 is 0 Å². The van der Waals surface area contributed by atoms with Crippen LogP contribution in [0.5, 0.6) is 0 Å². The van der Waals surface area contributed by atoms with Gasteiger partial charge >= 0.3 is 0 Å². The normalized spacial score (nSPS) is 14.1. The summed E-state index contributed by atoms with van der Waals surface area (Å²) < 4.78 is 26.6. The van der Waals surface area contributed by atoms with Crippen molar-refractivity contribution < 1.29 is 8.78 Å². The molecule has 0 fully saturated rings. The number of hydrogen-bond donors (Lipinski definition) is 1. The molecule has 0 aliphatic heterocycles. The van der Waals surface area contributed by atoms with Crippen molar-refractivity contribution in [2.24, 2.45) is 0 Å². The molecule has 0 aromatic heterocycles. The Balaban J connectivity index is 2.10. The molecule has 1 N–H and O–H groups in total. The van der Waals surface area contributed by atoms with E-state index in [1.54, 1.807) is 0 Å². The molecular formula is C17H19F2N. The maximum absolute atomic E-state index is 13.7. The third-order valence-corrected chi connectivity index (χ3v) is 3.51. The van der Waals surface area contributed by atoms with Crippen LogP contribution in [0.4, 0.5) is 8.78 Å². The molecule has 2 rings (SSSR count). The summed E-state index contributed by atoms with van der Waals surface area (Å²) in [7, 11) is 0. The Labute approximate surface area is 118 Å². The lowest BCUT2D eigenvalue weighted by atomic mass is 10.0. The molecule has 0 radical (unpaired) electrons. The maximum atomic E-state index is 13.7. The molecule has 0 heterocycles. The lowest BCUT2D eigenvalue weighted by molar-refractivity contribution is 0.470. The molecule has 1 unspecified atom stereocenters. The van der Waals surface area contributed by atoms with Gasteiger partial charge < -0.3 is 5.32 Å². The Kier molecular flexibility index (Phi) is 4.50. The van der Waals surface area contributed by atoms with Gasteiger partial charge in [-0.05, 0) is 32.4 Å². The van der Waals surface area contributed by atoms with Crippen LogP contribution < -0.4 is 5.32 Å². The fraction of sp³-hybridized carbons (Fsp3) is 0.294. The molecule has 3 heteroatoms. The SMILES string of the molecule is Cc1ccc([C@@H](C)NC(C)c2ccc(F)cc2F)cc1. The van der Waals surface area contributed by atoms with Crippen molar-refractivity contribution in [3.8, 4) is 0 Å². The van der Waals surface area contributed by atoms with E-state index in [0.29, 0.717) is 5.56 Å². The third kappa shape index (κ3) is 3.42. The lowest BCUT2D eigenvalue weighted by Gasteiger charge is -2.21. The van der Waals surface area contributed by atoms with Crippen molar-refractivity contribution in [1.29, 1.82) is 0 Å². The highest BCUT2D eigenvalue weighted by molar-refractivity contribution is 5.25. The molecule has 0 aliphatic rings. The van der Waals surface area contributed by atoms with E-state index in [0.717, 1.165) is 11.6 Å².